The molecule has 1 amide bonds. The van der Waals surface area contributed by atoms with Crippen molar-refractivity contribution in [1.82, 2.24) is 0 Å². The lowest BCUT2D eigenvalue weighted by Crippen LogP contribution is -2.25. The van der Waals surface area contributed by atoms with Gasteiger partial charge in [-0.05, 0) is 18.2 Å². The smallest absolute Gasteiger partial charge is 0.259 e. The van der Waals surface area contributed by atoms with Crippen LogP contribution < -0.4 is 24.6 Å². The van der Waals surface area contributed by atoms with E-state index in [4.69, 9.17) is 14.2 Å². The maximum atomic E-state index is 12.4. The third kappa shape index (κ3) is 3.40. The van der Waals surface area contributed by atoms with E-state index in [2.05, 4.69) is 5.32 Å². The van der Waals surface area contributed by atoms with Gasteiger partial charge < -0.3 is 29.4 Å². The van der Waals surface area contributed by atoms with E-state index < -0.39 is 11.9 Å². The maximum absolute atomic E-state index is 12.4. The molecule has 0 bridgehead atoms. The van der Waals surface area contributed by atoms with Gasteiger partial charge in [0.1, 0.15) is 5.75 Å². The number of amides is 1. The Kier molecular flexibility index (Phi) is 5.26. The van der Waals surface area contributed by atoms with Crippen LogP contribution in [-0.4, -0.2) is 33.2 Å². The molecule has 0 atom stereocenters. The summed E-state index contributed by atoms with van der Waals surface area (Å²) in [5, 5.41) is 13.9. The molecule has 7 heteroatoms. The van der Waals surface area contributed by atoms with Gasteiger partial charge in [0.05, 0.1) is 38.5 Å². The summed E-state index contributed by atoms with van der Waals surface area (Å²) < 4.78 is 15.3. The Morgan fingerprint density at radius 3 is 2.04 bits per heavy atom. The normalized spacial score (nSPS) is 9.96. The second-order valence-corrected chi connectivity index (χ2v) is 4.69. The van der Waals surface area contributed by atoms with E-state index in [9.17, 15) is 14.7 Å². The first-order valence-corrected chi connectivity index (χ1v) is 6.93. The topological polar surface area (TPSA) is 96.9 Å². The molecule has 0 unspecified atom stereocenters. The second-order valence-electron chi connectivity index (χ2n) is 4.69. The van der Waals surface area contributed by atoms with E-state index in [-0.39, 0.29) is 28.3 Å². The zero-order valence-corrected chi connectivity index (χ0v) is 13.4. The van der Waals surface area contributed by atoms with Crippen LogP contribution in [0.5, 0.6) is 17.2 Å². The van der Waals surface area contributed by atoms with Crippen LogP contribution in [-0.2, 0) is 0 Å². The predicted octanol–water partition coefficient (Wildman–Crippen LogP) is 1.33. The molecule has 0 fully saturated rings. The third-order valence-corrected chi connectivity index (χ3v) is 3.34. The fraction of sp³-hybridized carbons (Fsp3) is 0.176. The lowest BCUT2D eigenvalue weighted by atomic mass is 10.1. The molecule has 0 heterocycles. The minimum Gasteiger partial charge on any atom is -0.545 e. The Balaban J connectivity index is 2.44. The first kappa shape index (κ1) is 17.1. The summed E-state index contributed by atoms with van der Waals surface area (Å²) in [5.74, 6) is -1.12. The fourth-order valence-corrected chi connectivity index (χ4v) is 2.17. The predicted molar refractivity (Wildman–Crippen MR) is 84.8 cm³/mol. The molecule has 24 heavy (non-hydrogen) atoms. The van der Waals surface area contributed by atoms with Crippen molar-refractivity contribution in [3.63, 3.8) is 0 Å². The van der Waals surface area contributed by atoms with Crippen molar-refractivity contribution in [2.24, 2.45) is 0 Å². The van der Waals surface area contributed by atoms with Gasteiger partial charge in [0, 0.05) is 11.6 Å². The fourth-order valence-electron chi connectivity index (χ4n) is 2.17. The number of carboxylic acids is 1. The van der Waals surface area contributed by atoms with E-state index in [1.54, 1.807) is 24.3 Å². The Bertz CT molecular complexity index is 772. The van der Waals surface area contributed by atoms with E-state index in [1.807, 2.05) is 0 Å². The highest BCUT2D eigenvalue weighted by Crippen LogP contribution is 2.33. The quantitative estimate of drug-likeness (QED) is 0.858. The van der Waals surface area contributed by atoms with E-state index >= 15 is 0 Å². The van der Waals surface area contributed by atoms with Crippen molar-refractivity contribution in [2.45, 2.75) is 0 Å². The maximum Gasteiger partial charge on any atom is 0.259 e. The van der Waals surface area contributed by atoms with Crippen molar-refractivity contribution in [2.75, 3.05) is 26.6 Å². The van der Waals surface area contributed by atoms with Gasteiger partial charge in [-0.2, -0.15) is 0 Å². The van der Waals surface area contributed by atoms with Crippen LogP contribution in [0, 0.1) is 0 Å². The molecule has 0 aliphatic rings. The molecule has 0 saturated carbocycles. The zero-order valence-electron chi connectivity index (χ0n) is 13.4. The monoisotopic (exact) mass is 330 g/mol. The summed E-state index contributed by atoms with van der Waals surface area (Å²) in [6, 6.07) is 9.17. The minimum absolute atomic E-state index is 0.0311. The summed E-state index contributed by atoms with van der Waals surface area (Å²) in [7, 11) is 4.22. The van der Waals surface area contributed by atoms with Crippen LogP contribution in [0.25, 0.3) is 0 Å². The van der Waals surface area contributed by atoms with Gasteiger partial charge in [-0.3, -0.25) is 4.79 Å². The molecule has 0 aliphatic heterocycles. The first-order chi connectivity index (χ1) is 11.5. The molecular formula is C17H16NO6-. The molecule has 2 aromatic rings. The largest absolute Gasteiger partial charge is 0.545 e. The molecule has 0 aromatic heterocycles. The zero-order chi connectivity index (χ0) is 17.7. The lowest BCUT2D eigenvalue weighted by molar-refractivity contribution is -0.254. The summed E-state index contributed by atoms with van der Waals surface area (Å²) >= 11 is 0. The number of para-hydroxylation sites is 1. The molecule has 126 valence electrons. The third-order valence-electron chi connectivity index (χ3n) is 3.34. The SMILES string of the molecule is COc1cc(NC(=O)c2ccccc2OC)c(C(=O)[O-])cc1OC. The molecule has 0 aliphatic carbocycles. The number of carboxylic acid groups (broad SMARTS) is 1. The number of carbonyl (C=O) groups excluding carboxylic acids is 2. The van der Waals surface area contributed by atoms with Crippen LogP contribution in [0.2, 0.25) is 0 Å². The lowest BCUT2D eigenvalue weighted by Gasteiger charge is -2.16. The highest BCUT2D eigenvalue weighted by molar-refractivity contribution is 6.09. The van der Waals surface area contributed by atoms with Crippen molar-refractivity contribution >= 4 is 17.6 Å². The summed E-state index contributed by atoms with van der Waals surface area (Å²) in [4.78, 5) is 23.8. The number of hydrogen-bond acceptors (Lipinski definition) is 6. The standard InChI is InChI=1S/C17H17NO6/c1-22-13-7-5-4-6-10(13)16(19)18-12-9-15(24-3)14(23-2)8-11(12)17(20)21/h4-9H,1-3H3,(H,18,19)(H,20,21)/p-1. The van der Waals surface area contributed by atoms with Gasteiger partial charge in [0.2, 0.25) is 0 Å². The van der Waals surface area contributed by atoms with Crippen LogP contribution >= 0.6 is 0 Å². The molecule has 2 rings (SSSR count). The van der Waals surface area contributed by atoms with Crippen LogP contribution in [0.4, 0.5) is 5.69 Å². The Morgan fingerprint density at radius 1 is 0.875 bits per heavy atom. The number of ether oxygens (including phenoxy) is 3. The number of anilines is 1. The molecular weight excluding hydrogens is 314 g/mol. The van der Waals surface area contributed by atoms with Gasteiger partial charge in [-0.15, -0.1) is 0 Å². The number of rotatable bonds is 6. The number of nitrogens with one attached hydrogen (secondary N) is 1. The average Bonchev–Trinajstić information content (AvgIpc) is 2.60. The molecule has 0 spiro atoms. The molecule has 0 saturated heterocycles. The van der Waals surface area contributed by atoms with Crippen molar-refractivity contribution in [3.8, 4) is 17.2 Å². The molecule has 2 aromatic carbocycles. The highest BCUT2D eigenvalue weighted by Gasteiger charge is 2.17. The van der Waals surface area contributed by atoms with Crippen molar-refractivity contribution in [1.29, 1.82) is 0 Å². The summed E-state index contributed by atoms with van der Waals surface area (Å²) in [6.07, 6.45) is 0. The molecule has 7 nitrogen and oxygen atoms in total. The Hall–Kier alpha value is -3.22. The first-order valence-electron chi connectivity index (χ1n) is 6.93. The van der Waals surface area contributed by atoms with Gasteiger partial charge >= 0.3 is 0 Å². The van der Waals surface area contributed by atoms with E-state index in [0.717, 1.165) is 0 Å². The summed E-state index contributed by atoms with van der Waals surface area (Å²) in [6.45, 7) is 0. The van der Waals surface area contributed by atoms with Crippen LogP contribution in [0.1, 0.15) is 20.7 Å². The number of aromatic carboxylic acids is 1. The number of hydrogen-bond donors (Lipinski definition) is 1. The van der Waals surface area contributed by atoms with Crippen LogP contribution in [0.3, 0.4) is 0 Å². The van der Waals surface area contributed by atoms with Crippen molar-refractivity contribution in [3.05, 3.63) is 47.5 Å². The summed E-state index contributed by atoms with van der Waals surface area (Å²) in [5.41, 5.74) is 0.0681. The Morgan fingerprint density at radius 2 is 1.46 bits per heavy atom. The van der Waals surface area contributed by atoms with E-state index in [1.165, 1.54) is 33.5 Å². The van der Waals surface area contributed by atoms with Gasteiger partial charge in [0.25, 0.3) is 5.91 Å². The van der Waals surface area contributed by atoms with Gasteiger partial charge in [0.15, 0.2) is 11.5 Å². The second kappa shape index (κ2) is 7.36. The number of carbonyl (C=O) groups is 2. The molecule has 0 radical (unpaired) electrons. The average molecular weight is 330 g/mol. The Labute approximate surface area is 138 Å². The van der Waals surface area contributed by atoms with E-state index in [0.29, 0.717) is 5.75 Å². The van der Waals surface area contributed by atoms with Crippen LogP contribution in [0.15, 0.2) is 36.4 Å². The van der Waals surface area contributed by atoms with Gasteiger partial charge in [-0.1, -0.05) is 12.1 Å². The molecule has 1 N–H and O–H groups in total. The minimum atomic E-state index is -1.45. The highest BCUT2D eigenvalue weighted by atomic mass is 16.5. The number of methoxy groups -OCH3 is 3. The number of benzene rings is 2. The van der Waals surface area contributed by atoms with Crippen molar-refractivity contribution < 1.29 is 28.9 Å². The van der Waals surface area contributed by atoms with Gasteiger partial charge in [-0.25, -0.2) is 0 Å².